The van der Waals surface area contributed by atoms with Gasteiger partial charge in [0, 0.05) is 48.3 Å². The summed E-state index contributed by atoms with van der Waals surface area (Å²) in [4.78, 5) is 17.2. The van der Waals surface area contributed by atoms with Gasteiger partial charge >= 0.3 is 5.97 Å². The summed E-state index contributed by atoms with van der Waals surface area (Å²) in [5.41, 5.74) is 8.40. The van der Waals surface area contributed by atoms with Crippen LogP contribution < -0.4 is 4.90 Å². The Morgan fingerprint density at radius 3 is 2.37 bits per heavy atom. The summed E-state index contributed by atoms with van der Waals surface area (Å²) in [6.45, 7) is 8.70. The van der Waals surface area contributed by atoms with Crippen LogP contribution in [-0.2, 0) is 13.0 Å². The number of nitrogens with zero attached hydrogens (tertiary/aromatic N) is 3. The molecule has 0 radical (unpaired) electrons. The molecule has 2 aromatic carbocycles. The molecule has 2 aliphatic heterocycles. The zero-order valence-electron chi connectivity index (χ0n) is 23.1. The number of likely N-dealkylation sites (tertiary alicyclic amines) is 1. The van der Waals surface area contributed by atoms with E-state index in [1.807, 2.05) is 12.1 Å². The number of carbonyl (C=O) groups is 1. The van der Waals surface area contributed by atoms with E-state index >= 15 is 0 Å². The van der Waals surface area contributed by atoms with Gasteiger partial charge in [-0.05, 0) is 80.4 Å². The lowest BCUT2D eigenvalue weighted by molar-refractivity contribution is 0.0697. The maximum atomic E-state index is 11.9. The van der Waals surface area contributed by atoms with Gasteiger partial charge in [0.2, 0.25) is 0 Å². The highest BCUT2D eigenvalue weighted by molar-refractivity contribution is 5.99. The lowest BCUT2D eigenvalue weighted by Gasteiger charge is -2.29. The van der Waals surface area contributed by atoms with Crippen molar-refractivity contribution < 1.29 is 9.90 Å². The second kappa shape index (κ2) is 11.1. The van der Waals surface area contributed by atoms with Crippen molar-refractivity contribution in [3.05, 3.63) is 53.1 Å². The van der Waals surface area contributed by atoms with E-state index in [-0.39, 0.29) is 0 Å². The molecule has 5 heteroatoms. The maximum Gasteiger partial charge on any atom is 0.335 e. The largest absolute Gasteiger partial charge is 0.478 e. The summed E-state index contributed by atoms with van der Waals surface area (Å²) in [6, 6.07) is 13.0. The number of rotatable bonds is 6. The molecule has 3 aliphatic rings. The van der Waals surface area contributed by atoms with Gasteiger partial charge in [-0.25, -0.2) is 4.79 Å². The minimum atomic E-state index is -0.845. The van der Waals surface area contributed by atoms with Crippen molar-refractivity contribution in [3.63, 3.8) is 0 Å². The zero-order chi connectivity index (χ0) is 26.1. The van der Waals surface area contributed by atoms with E-state index in [1.54, 1.807) is 0 Å². The molecule has 0 atom stereocenters. The molecule has 38 heavy (non-hydrogen) atoms. The second-order valence-electron chi connectivity index (χ2n) is 11.7. The molecular weight excluding hydrogens is 470 g/mol. The van der Waals surface area contributed by atoms with E-state index < -0.39 is 5.97 Å². The average Bonchev–Trinajstić information content (AvgIpc) is 3.09. The third-order valence-corrected chi connectivity index (χ3v) is 9.41. The number of aromatic carboxylic acids is 1. The van der Waals surface area contributed by atoms with E-state index in [9.17, 15) is 9.90 Å². The zero-order valence-corrected chi connectivity index (χ0v) is 23.1. The molecule has 5 nitrogen and oxygen atoms in total. The van der Waals surface area contributed by atoms with Crippen LogP contribution in [0.15, 0.2) is 36.4 Å². The van der Waals surface area contributed by atoms with Gasteiger partial charge in [-0.15, -0.1) is 0 Å². The Balaban J connectivity index is 1.47. The minimum Gasteiger partial charge on any atom is -0.478 e. The third kappa shape index (κ3) is 4.86. The summed E-state index contributed by atoms with van der Waals surface area (Å²) in [5.74, 6) is -0.303. The predicted octanol–water partition coefficient (Wildman–Crippen LogP) is 7.31. The molecule has 1 saturated heterocycles. The standard InChI is InChI=1S/C33H43N3O2/c1-2-24-12-14-28-29(22-24)35(19-18-34-16-8-3-4-9-17-34)20-21-36-30-23-26(33(37)38)13-15-27(30)31(32(28)36)25-10-6-5-7-11-25/h12-15,22-23,25H,2-11,16-21H2,1H3,(H,37,38). The Kier molecular flexibility index (Phi) is 7.47. The Morgan fingerprint density at radius 1 is 0.868 bits per heavy atom. The van der Waals surface area contributed by atoms with E-state index in [0.29, 0.717) is 11.5 Å². The van der Waals surface area contributed by atoms with Gasteiger partial charge in [-0.2, -0.15) is 0 Å². The fraction of sp³-hybridized carbons (Fsp3) is 0.545. The quantitative estimate of drug-likeness (QED) is 0.375. The van der Waals surface area contributed by atoms with Crippen LogP contribution in [0, 0.1) is 0 Å². The molecule has 0 bridgehead atoms. The summed E-state index contributed by atoms with van der Waals surface area (Å²) in [7, 11) is 0. The Bertz CT molecular complexity index is 1300. The Morgan fingerprint density at radius 2 is 1.63 bits per heavy atom. The summed E-state index contributed by atoms with van der Waals surface area (Å²) in [5, 5.41) is 11.1. The van der Waals surface area contributed by atoms with Crippen molar-refractivity contribution in [1.29, 1.82) is 0 Å². The highest BCUT2D eigenvalue weighted by atomic mass is 16.4. The number of fused-ring (bicyclic) bond motifs is 5. The van der Waals surface area contributed by atoms with Crippen LogP contribution in [0.2, 0.25) is 0 Å². The molecule has 6 rings (SSSR count). The molecule has 1 aliphatic carbocycles. The topological polar surface area (TPSA) is 48.7 Å². The molecule has 3 heterocycles. The van der Waals surface area contributed by atoms with Crippen molar-refractivity contribution in [2.24, 2.45) is 0 Å². The van der Waals surface area contributed by atoms with Gasteiger partial charge in [0.25, 0.3) is 0 Å². The number of carboxylic acid groups (broad SMARTS) is 1. The normalized spacial score (nSPS) is 19.1. The first-order valence-electron chi connectivity index (χ1n) is 15.1. The summed E-state index contributed by atoms with van der Waals surface area (Å²) < 4.78 is 2.47. The summed E-state index contributed by atoms with van der Waals surface area (Å²) in [6.07, 6.45) is 12.8. The van der Waals surface area contributed by atoms with Gasteiger partial charge < -0.3 is 19.5 Å². The first-order chi connectivity index (χ1) is 18.6. The molecule has 0 spiro atoms. The first kappa shape index (κ1) is 25.5. The van der Waals surface area contributed by atoms with Crippen molar-refractivity contribution in [2.75, 3.05) is 37.6 Å². The SMILES string of the molecule is CCc1ccc2c(c1)N(CCN1CCCCCC1)CCn1c-2c(C2CCCCC2)c2ccc(C(=O)O)cc21. The summed E-state index contributed by atoms with van der Waals surface area (Å²) >= 11 is 0. The van der Waals surface area contributed by atoms with Crippen LogP contribution in [0.25, 0.3) is 22.2 Å². The number of benzene rings is 2. The smallest absolute Gasteiger partial charge is 0.335 e. The molecule has 1 N–H and O–H groups in total. The predicted molar refractivity (Wildman–Crippen MR) is 157 cm³/mol. The highest BCUT2D eigenvalue weighted by Gasteiger charge is 2.31. The van der Waals surface area contributed by atoms with E-state index in [1.165, 1.54) is 104 Å². The third-order valence-electron chi connectivity index (χ3n) is 9.41. The number of aromatic nitrogens is 1. The lowest BCUT2D eigenvalue weighted by Crippen LogP contribution is -2.37. The van der Waals surface area contributed by atoms with E-state index in [2.05, 4.69) is 45.6 Å². The number of hydrogen-bond donors (Lipinski definition) is 1. The van der Waals surface area contributed by atoms with Crippen molar-refractivity contribution in [2.45, 2.75) is 83.6 Å². The fourth-order valence-corrected chi connectivity index (χ4v) is 7.29. The van der Waals surface area contributed by atoms with Gasteiger partial charge in [-0.3, -0.25) is 0 Å². The number of hydrogen-bond acceptors (Lipinski definition) is 3. The molecule has 0 unspecified atom stereocenters. The van der Waals surface area contributed by atoms with Crippen LogP contribution >= 0.6 is 0 Å². The van der Waals surface area contributed by atoms with Gasteiger partial charge in [0.05, 0.1) is 11.3 Å². The van der Waals surface area contributed by atoms with Crippen LogP contribution in [0.5, 0.6) is 0 Å². The van der Waals surface area contributed by atoms with Gasteiger partial charge in [-0.1, -0.05) is 57.2 Å². The molecule has 1 aromatic heterocycles. The molecule has 0 amide bonds. The van der Waals surface area contributed by atoms with Gasteiger partial charge in [0.1, 0.15) is 0 Å². The second-order valence-corrected chi connectivity index (χ2v) is 11.7. The molecule has 202 valence electrons. The highest BCUT2D eigenvalue weighted by Crippen LogP contribution is 2.47. The van der Waals surface area contributed by atoms with Crippen LogP contribution in [0.4, 0.5) is 5.69 Å². The Labute approximate surface area is 227 Å². The minimum absolute atomic E-state index is 0.386. The lowest BCUT2D eigenvalue weighted by atomic mass is 9.81. The monoisotopic (exact) mass is 513 g/mol. The van der Waals surface area contributed by atoms with Gasteiger partial charge in [0.15, 0.2) is 0 Å². The van der Waals surface area contributed by atoms with Crippen molar-refractivity contribution in [1.82, 2.24) is 9.47 Å². The maximum absolute atomic E-state index is 11.9. The van der Waals surface area contributed by atoms with Crippen LogP contribution in [0.3, 0.4) is 0 Å². The number of carboxylic acids is 1. The molecule has 3 aromatic rings. The molecular formula is C33H43N3O2. The number of anilines is 1. The molecule has 2 fully saturated rings. The van der Waals surface area contributed by atoms with E-state index in [0.717, 1.165) is 38.1 Å². The Hall–Kier alpha value is -2.79. The number of aryl methyl sites for hydroxylation is 1. The van der Waals surface area contributed by atoms with Crippen molar-refractivity contribution in [3.8, 4) is 11.3 Å². The average molecular weight is 514 g/mol. The van der Waals surface area contributed by atoms with Crippen LogP contribution in [-0.4, -0.2) is 53.3 Å². The van der Waals surface area contributed by atoms with Crippen LogP contribution in [0.1, 0.15) is 92.1 Å². The fourth-order valence-electron chi connectivity index (χ4n) is 7.29. The molecule has 1 saturated carbocycles. The first-order valence-corrected chi connectivity index (χ1v) is 15.1. The van der Waals surface area contributed by atoms with Crippen molar-refractivity contribution >= 4 is 22.6 Å². The van der Waals surface area contributed by atoms with E-state index in [4.69, 9.17) is 0 Å².